The molecule has 4 nitrogen and oxygen atoms in total. The third kappa shape index (κ3) is 1.50. The highest BCUT2D eigenvalue weighted by molar-refractivity contribution is 5.85. The van der Waals surface area contributed by atoms with Crippen molar-refractivity contribution in [3.63, 3.8) is 0 Å². The molecule has 1 aliphatic carbocycles. The van der Waals surface area contributed by atoms with Gasteiger partial charge in [-0.05, 0) is 36.8 Å². The van der Waals surface area contributed by atoms with E-state index in [9.17, 15) is 10.2 Å². The molecule has 5 fully saturated rings. The fourth-order valence-corrected chi connectivity index (χ4v) is 7.88. The first-order valence-corrected chi connectivity index (χ1v) is 9.57. The predicted octanol–water partition coefficient (Wildman–Crippen LogP) is 1.98. The third-order valence-corrected chi connectivity index (χ3v) is 8.46. The summed E-state index contributed by atoms with van der Waals surface area (Å²) < 4.78 is 0. The maximum atomic E-state index is 11.6. The van der Waals surface area contributed by atoms with Crippen molar-refractivity contribution in [1.29, 1.82) is 0 Å². The second-order valence-electron chi connectivity index (χ2n) is 8.81. The second kappa shape index (κ2) is 4.92. The summed E-state index contributed by atoms with van der Waals surface area (Å²) in [5.41, 5.74) is 2.51. The highest BCUT2D eigenvalue weighted by atomic mass is 35.5. The zero-order valence-corrected chi connectivity index (χ0v) is 15.6. The minimum Gasteiger partial charge on any atom is -0.392 e. The van der Waals surface area contributed by atoms with Crippen LogP contribution in [0.4, 0.5) is 5.69 Å². The Kier molecular flexibility index (Phi) is 3.22. The molecule has 0 amide bonds. The summed E-state index contributed by atoms with van der Waals surface area (Å²) in [4.78, 5) is 4.83. The van der Waals surface area contributed by atoms with Crippen LogP contribution in [-0.4, -0.2) is 52.6 Å². The summed E-state index contributed by atoms with van der Waals surface area (Å²) in [7, 11) is 2.19. The average Bonchev–Trinajstić information content (AvgIpc) is 2.97. The largest absolute Gasteiger partial charge is 0.392 e. The van der Waals surface area contributed by atoms with Crippen molar-refractivity contribution in [2.45, 2.75) is 62.1 Å². The van der Waals surface area contributed by atoms with E-state index < -0.39 is 0 Å². The zero-order chi connectivity index (χ0) is 16.4. The number of fused-ring (bicyclic) bond motifs is 2. The van der Waals surface area contributed by atoms with Gasteiger partial charge in [-0.25, -0.2) is 0 Å². The van der Waals surface area contributed by atoms with Crippen molar-refractivity contribution in [3.8, 4) is 0 Å². The number of likely N-dealkylation sites (N-methyl/N-ethyl adjacent to an activating group) is 1. The number of hydrogen-bond donors (Lipinski definition) is 2. The van der Waals surface area contributed by atoms with Gasteiger partial charge in [0.2, 0.25) is 0 Å². The molecule has 7 rings (SSSR count). The van der Waals surface area contributed by atoms with Crippen LogP contribution in [0.3, 0.4) is 0 Å². The van der Waals surface area contributed by atoms with Crippen molar-refractivity contribution in [1.82, 2.24) is 4.90 Å². The minimum atomic E-state index is -0.319. The van der Waals surface area contributed by atoms with E-state index in [2.05, 4.69) is 48.0 Å². The molecule has 6 aliphatic rings. The summed E-state index contributed by atoms with van der Waals surface area (Å²) >= 11 is 0. The zero-order valence-electron chi connectivity index (χ0n) is 14.7. The van der Waals surface area contributed by atoms with Crippen molar-refractivity contribution in [3.05, 3.63) is 29.8 Å². The topological polar surface area (TPSA) is 46.9 Å². The van der Waals surface area contributed by atoms with Crippen LogP contribution in [0, 0.1) is 17.8 Å². The molecule has 1 aromatic rings. The highest BCUT2D eigenvalue weighted by Crippen LogP contribution is 2.68. The van der Waals surface area contributed by atoms with E-state index in [0.717, 1.165) is 19.3 Å². The molecule has 10 atom stereocenters. The molecule has 0 radical (unpaired) electrons. The first kappa shape index (κ1) is 16.4. The van der Waals surface area contributed by atoms with Gasteiger partial charge >= 0.3 is 0 Å². The van der Waals surface area contributed by atoms with Crippen LogP contribution in [0.15, 0.2) is 24.3 Å². The molecular weight excluding hydrogens is 336 g/mol. The van der Waals surface area contributed by atoms with E-state index in [1.807, 2.05) is 0 Å². The standard InChI is InChI=1S/C20H26N2O2.ClH/c1-3-10-11-8-14-17-20(12-6-4-5-7-13(12)21(17)2)9-15(16(11)18(20)23)22(14)19(10)24;/h4-7,10-11,14-19,23-24H,3,8-9H2,1-2H3;1H/t10-,11-,14-,15-,16-,17-,18?,19+,20+;/m0./s1. The first-order chi connectivity index (χ1) is 11.6. The maximum Gasteiger partial charge on any atom is 0.111 e. The number of benzene rings is 1. The van der Waals surface area contributed by atoms with Crippen LogP contribution in [0.2, 0.25) is 0 Å². The van der Waals surface area contributed by atoms with Crippen LogP contribution in [0.25, 0.3) is 0 Å². The van der Waals surface area contributed by atoms with Crippen LogP contribution in [-0.2, 0) is 5.41 Å². The molecule has 1 saturated carbocycles. The Hall–Kier alpha value is -0.810. The van der Waals surface area contributed by atoms with Gasteiger partial charge in [-0.1, -0.05) is 25.1 Å². The lowest BCUT2D eigenvalue weighted by Gasteiger charge is -2.62. The molecular formula is C20H27ClN2O2. The average molecular weight is 363 g/mol. The number of piperidine rings is 4. The number of halogens is 1. The van der Waals surface area contributed by atoms with Crippen LogP contribution >= 0.6 is 12.4 Å². The van der Waals surface area contributed by atoms with Gasteiger partial charge < -0.3 is 15.1 Å². The number of hydrogen-bond acceptors (Lipinski definition) is 4. The lowest BCUT2D eigenvalue weighted by Crippen LogP contribution is -2.72. The molecule has 0 aromatic heterocycles. The van der Waals surface area contributed by atoms with E-state index in [1.54, 1.807) is 0 Å². The summed E-state index contributed by atoms with van der Waals surface area (Å²) in [6.45, 7) is 2.19. The van der Waals surface area contributed by atoms with Crippen LogP contribution in [0.1, 0.15) is 31.7 Å². The second-order valence-corrected chi connectivity index (χ2v) is 8.81. The summed E-state index contributed by atoms with van der Waals surface area (Å²) in [6, 6.07) is 9.70. The monoisotopic (exact) mass is 362 g/mol. The molecule has 5 bridgehead atoms. The number of rotatable bonds is 1. The van der Waals surface area contributed by atoms with E-state index in [-0.39, 0.29) is 30.2 Å². The number of aliphatic hydroxyl groups excluding tert-OH is 2. The van der Waals surface area contributed by atoms with Gasteiger partial charge in [0, 0.05) is 42.1 Å². The number of nitrogens with zero attached hydrogens (tertiary/aromatic N) is 2. The summed E-state index contributed by atoms with van der Waals surface area (Å²) in [6.07, 6.45) is 2.56. The number of para-hydroxylation sites is 1. The smallest absolute Gasteiger partial charge is 0.111 e. The van der Waals surface area contributed by atoms with Crippen molar-refractivity contribution in [2.24, 2.45) is 17.8 Å². The van der Waals surface area contributed by atoms with E-state index >= 15 is 0 Å². The fraction of sp³-hybridized carbons (Fsp3) is 0.700. The SMILES string of the molecule is CC[C@H]1[C@@H]2C[C@H]3[C@@H]4N(C)c5ccccc5[C@]45C[C@@H]([C@H]2C5O)N3[C@@H]1O.Cl. The Bertz CT molecular complexity index is 729. The molecule has 5 aliphatic heterocycles. The van der Waals surface area contributed by atoms with Gasteiger partial charge in [-0.15, -0.1) is 12.4 Å². The van der Waals surface area contributed by atoms with Gasteiger partial charge in [0.05, 0.1) is 12.1 Å². The predicted molar refractivity (Wildman–Crippen MR) is 99.0 cm³/mol. The third-order valence-electron chi connectivity index (χ3n) is 8.46. The van der Waals surface area contributed by atoms with Crippen LogP contribution in [0.5, 0.6) is 0 Å². The Morgan fingerprint density at radius 2 is 1.96 bits per heavy atom. The van der Waals surface area contributed by atoms with Crippen molar-refractivity contribution in [2.75, 3.05) is 11.9 Å². The Morgan fingerprint density at radius 1 is 1.20 bits per heavy atom. The molecule has 1 aromatic carbocycles. The van der Waals surface area contributed by atoms with Gasteiger partial charge in [0.1, 0.15) is 6.23 Å². The number of aliphatic hydroxyl groups is 2. The molecule has 2 unspecified atom stereocenters. The van der Waals surface area contributed by atoms with Crippen molar-refractivity contribution >= 4 is 18.1 Å². The Morgan fingerprint density at radius 3 is 2.72 bits per heavy atom. The molecule has 5 heterocycles. The Labute approximate surface area is 155 Å². The molecule has 4 saturated heterocycles. The first-order valence-electron chi connectivity index (χ1n) is 9.57. The van der Waals surface area contributed by atoms with E-state index in [1.165, 1.54) is 11.3 Å². The van der Waals surface area contributed by atoms with Gasteiger partial charge in [0.25, 0.3) is 0 Å². The quantitative estimate of drug-likeness (QED) is 0.802. The van der Waals surface area contributed by atoms with E-state index in [0.29, 0.717) is 35.9 Å². The van der Waals surface area contributed by atoms with Crippen molar-refractivity contribution < 1.29 is 10.2 Å². The molecule has 5 heteroatoms. The maximum absolute atomic E-state index is 11.6. The number of anilines is 1. The van der Waals surface area contributed by atoms with Crippen LogP contribution < -0.4 is 4.90 Å². The lowest BCUT2D eigenvalue weighted by molar-refractivity contribution is -0.211. The van der Waals surface area contributed by atoms with Gasteiger partial charge in [-0.3, -0.25) is 4.90 Å². The molecule has 2 N–H and O–H groups in total. The lowest BCUT2D eigenvalue weighted by atomic mass is 9.62. The normalized spacial score (nSPS) is 53.6. The molecule has 25 heavy (non-hydrogen) atoms. The van der Waals surface area contributed by atoms with Gasteiger partial charge in [0.15, 0.2) is 0 Å². The summed E-state index contributed by atoms with van der Waals surface area (Å²) in [5, 5.41) is 22.6. The van der Waals surface area contributed by atoms with Gasteiger partial charge in [-0.2, -0.15) is 0 Å². The fourth-order valence-electron chi connectivity index (χ4n) is 7.88. The highest BCUT2D eigenvalue weighted by Gasteiger charge is 2.76. The van der Waals surface area contributed by atoms with E-state index in [4.69, 9.17) is 0 Å². The molecule has 1 spiro atoms. The summed E-state index contributed by atoms with van der Waals surface area (Å²) in [5.74, 6) is 1.14. The Balaban J connectivity index is 0.00000140. The minimum absolute atomic E-state index is 0. The molecule has 136 valence electrons.